The minimum absolute atomic E-state index is 0.104. The molecule has 1 aromatic carbocycles. The van der Waals surface area contributed by atoms with E-state index < -0.39 is 0 Å². The Kier molecular flexibility index (Phi) is 4.88. The van der Waals surface area contributed by atoms with Crippen LogP contribution in [0.1, 0.15) is 29.6 Å². The van der Waals surface area contributed by atoms with Gasteiger partial charge in [0, 0.05) is 22.0 Å². The van der Waals surface area contributed by atoms with Gasteiger partial charge in [-0.3, -0.25) is 4.79 Å². The summed E-state index contributed by atoms with van der Waals surface area (Å²) in [4.78, 5) is 12.2. The maximum absolute atomic E-state index is 12.2. The lowest BCUT2D eigenvalue weighted by atomic mass is 10.0. The molecule has 0 spiro atoms. The van der Waals surface area contributed by atoms with E-state index in [1.54, 1.807) is 18.2 Å². The predicted molar refractivity (Wildman–Crippen MR) is 81.2 cm³/mol. The molecule has 1 fully saturated rings. The summed E-state index contributed by atoms with van der Waals surface area (Å²) < 4.78 is 0.672. The molecule has 108 valence electrons. The lowest BCUT2D eigenvalue weighted by molar-refractivity contribution is 0.0933. The minimum Gasteiger partial charge on any atom is -0.409 e. The normalized spacial score (nSPS) is 22.8. The number of nitrogens with zero attached hydrogens (tertiary/aromatic N) is 1. The first-order chi connectivity index (χ1) is 9.52. The number of hydrogen-bond donors (Lipinski definition) is 3. The summed E-state index contributed by atoms with van der Waals surface area (Å²) in [6.07, 6.45) is 2.57. The molecule has 0 radical (unpaired) electrons. The van der Waals surface area contributed by atoms with Crippen LogP contribution in [-0.2, 0) is 0 Å². The van der Waals surface area contributed by atoms with E-state index in [0.717, 1.165) is 19.3 Å². The molecule has 0 aromatic heterocycles. The molecule has 2 rings (SSSR count). The van der Waals surface area contributed by atoms with Crippen LogP contribution in [-0.4, -0.2) is 23.0 Å². The summed E-state index contributed by atoms with van der Waals surface area (Å²) in [5.41, 5.74) is 6.17. The van der Waals surface area contributed by atoms with Crippen molar-refractivity contribution in [1.29, 1.82) is 0 Å². The molecule has 1 aromatic rings. The number of nitrogens with one attached hydrogen (secondary N) is 1. The van der Waals surface area contributed by atoms with Gasteiger partial charge >= 0.3 is 0 Å². The van der Waals surface area contributed by atoms with Gasteiger partial charge in [0.15, 0.2) is 0 Å². The smallest absolute Gasteiger partial charge is 0.251 e. The summed E-state index contributed by atoms with van der Waals surface area (Å²) in [7, 11) is 0. The highest BCUT2D eigenvalue weighted by atomic mass is 79.9. The average Bonchev–Trinajstić information content (AvgIpc) is 2.89. The molecule has 4 N–H and O–H groups in total. The highest BCUT2D eigenvalue weighted by molar-refractivity contribution is 9.10. The van der Waals surface area contributed by atoms with Gasteiger partial charge in [-0.1, -0.05) is 23.2 Å². The molecule has 7 heteroatoms. The number of halogens is 2. The van der Waals surface area contributed by atoms with E-state index in [4.69, 9.17) is 22.5 Å². The molecule has 1 amide bonds. The second-order valence-corrected chi connectivity index (χ2v) is 6.03. The van der Waals surface area contributed by atoms with Gasteiger partial charge in [0.2, 0.25) is 0 Å². The zero-order chi connectivity index (χ0) is 14.7. The number of carbonyl (C=O) groups is 1. The summed E-state index contributed by atoms with van der Waals surface area (Å²) in [6.45, 7) is 0. The fourth-order valence-corrected chi connectivity index (χ4v) is 2.95. The lowest BCUT2D eigenvalue weighted by Crippen LogP contribution is -2.42. The van der Waals surface area contributed by atoms with Crippen molar-refractivity contribution in [1.82, 2.24) is 5.32 Å². The average molecular weight is 361 g/mol. The van der Waals surface area contributed by atoms with Crippen LogP contribution < -0.4 is 11.1 Å². The molecule has 20 heavy (non-hydrogen) atoms. The number of oxime groups is 1. The maximum atomic E-state index is 12.2. The van der Waals surface area contributed by atoms with E-state index in [1.807, 2.05) is 0 Å². The molecule has 1 aliphatic rings. The van der Waals surface area contributed by atoms with Gasteiger partial charge in [-0.15, -0.1) is 0 Å². The SMILES string of the molecule is N/C(=N/O)C1CCCC1NC(=O)c1ccc(Cl)c(Br)c1. The van der Waals surface area contributed by atoms with Gasteiger partial charge in [-0.2, -0.15) is 0 Å². The van der Waals surface area contributed by atoms with Gasteiger partial charge in [-0.25, -0.2) is 0 Å². The van der Waals surface area contributed by atoms with E-state index >= 15 is 0 Å². The number of amides is 1. The molecule has 1 saturated carbocycles. The van der Waals surface area contributed by atoms with Gasteiger partial charge in [0.05, 0.1) is 5.02 Å². The van der Waals surface area contributed by atoms with Gasteiger partial charge in [0.25, 0.3) is 5.91 Å². The lowest BCUT2D eigenvalue weighted by Gasteiger charge is -2.19. The predicted octanol–water partition coefficient (Wildman–Crippen LogP) is 2.75. The van der Waals surface area contributed by atoms with Crippen LogP contribution in [0.15, 0.2) is 27.8 Å². The molecular formula is C13H15BrClN3O2. The number of amidine groups is 1. The Morgan fingerprint density at radius 2 is 2.25 bits per heavy atom. The molecule has 0 bridgehead atoms. The van der Waals surface area contributed by atoms with Crippen LogP contribution in [0.4, 0.5) is 0 Å². The van der Waals surface area contributed by atoms with Crippen molar-refractivity contribution in [2.75, 3.05) is 0 Å². The first-order valence-electron chi connectivity index (χ1n) is 6.26. The van der Waals surface area contributed by atoms with Crippen LogP contribution in [0.2, 0.25) is 5.02 Å². The van der Waals surface area contributed by atoms with Crippen molar-refractivity contribution in [3.63, 3.8) is 0 Å². The summed E-state index contributed by atoms with van der Waals surface area (Å²) in [5, 5.41) is 15.3. The Morgan fingerprint density at radius 3 is 2.90 bits per heavy atom. The molecule has 0 aliphatic heterocycles. The third kappa shape index (κ3) is 3.24. The summed E-state index contributed by atoms with van der Waals surface area (Å²) in [5.74, 6) is -0.130. The third-order valence-corrected chi connectivity index (χ3v) is 4.72. The number of carbonyl (C=O) groups excluding carboxylic acids is 1. The molecule has 0 heterocycles. The van der Waals surface area contributed by atoms with Crippen LogP contribution in [0.25, 0.3) is 0 Å². The van der Waals surface area contributed by atoms with Crippen molar-refractivity contribution in [3.8, 4) is 0 Å². The second kappa shape index (κ2) is 6.45. The Hall–Kier alpha value is -1.27. The first-order valence-corrected chi connectivity index (χ1v) is 7.43. The number of rotatable bonds is 3. The van der Waals surface area contributed by atoms with Gasteiger partial charge in [-0.05, 0) is 47.0 Å². The number of nitrogens with two attached hydrogens (primary N) is 1. The van der Waals surface area contributed by atoms with Crippen molar-refractivity contribution >= 4 is 39.3 Å². The Labute approximate surface area is 130 Å². The van der Waals surface area contributed by atoms with Crippen molar-refractivity contribution < 1.29 is 10.0 Å². The fourth-order valence-electron chi connectivity index (χ4n) is 2.45. The highest BCUT2D eigenvalue weighted by Crippen LogP contribution is 2.27. The standard InChI is InChI=1S/C13H15BrClN3O2/c14-9-6-7(4-5-10(9)15)13(19)17-11-3-1-2-8(11)12(16)18-20/h4-6,8,11,20H,1-3H2,(H2,16,18)(H,17,19). The van der Waals surface area contributed by atoms with E-state index in [-0.39, 0.29) is 23.7 Å². The van der Waals surface area contributed by atoms with Crippen molar-refractivity contribution in [3.05, 3.63) is 33.3 Å². The van der Waals surface area contributed by atoms with E-state index in [1.165, 1.54) is 0 Å². The third-order valence-electron chi connectivity index (χ3n) is 3.51. The number of benzene rings is 1. The van der Waals surface area contributed by atoms with Gasteiger partial charge in [0.1, 0.15) is 5.84 Å². The van der Waals surface area contributed by atoms with E-state index in [0.29, 0.717) is 15.1 Å². The largest absolute Gasteiger partial charge is 0.409 e. The molecule has 2 unspecified atom stereocenters. The van der Waals surface area contributed by atoms with E-state index in [9.17, 15) is 4.79 Å². The fraction of sp³-hybridized carbons (Fsp3) is 0.385. The Balaban J connectivity index is 2.09. The van der Waals surface area contributed by atoms with Crippen LogP contribution in [0.5, 0.6) is 0 Å². The highest BCUT2D eigenvalue weighted by Gasteiger charge is 2.31. The van der Waals surface area contributed by atoms with Gasteiger partial charge < -0.3 is 16.3 Å². The second-order valence-electron chi connectivity index (χ2n) is 4.77. The molecule has 5 nitrogen and oxygen atoms in total. The molecular weight excluding hydrogens is 346 g/mol. The Morgan fingerprint density at radius 1 is 1.50 bits per heavy atom. The van der Waals surface area contributed by atoms with Crippen molar-refractivity contribution in [2.45, 2.75) is 25.3 Å². The molecule has 2 atom stereocenters. The summed E-state index contributed by atoms with van der Waals surface area (Å²) in [6, 6.07) is 4.89. The first kappa shape index (κ1) is 15.1. The quantitative estimate of drug-likeness (QED) is 0.335. The minimum atomic E-state index is -0.190. The summed E-state index contributed by atoms with van der Waals surface area (Å²) >= 11 is 9.19. The topological polar surface area (TPSA) is 87.7 Å². The molecule has 1 aliphatic carbocycles. The van der Waals surface area contributed by atoms with Crippen LogP contribution in [0.3, 0.4) is 0 Å². The maximum Gasteiger partial charge on any atom is 0.251 e. The van der Waals surface area contributed by atoms with E-state index in [2.05, 4.69) is 26.4 Å². The Bertz CT molecular complexity index is 550. The van der Waals surface area contributed by atoms with Crippen molar-refractivity contribution in [2.24, 2.45) is 16.8 Å². The number of hydrogen-bond acceptors (Lipinski definition) is 3. The van der Waals surface area contributed by atoms with Crippen LogP contribution >= 0.6 is 27.5 Å². The zero-order valence-corrected chi connectivity index (χ0v) is 13.0. The molecule has 0 saturated heterocycles. The monoisotopic (exact) mass is 359 g/mol. The zero-order valence-electron chi connectivity index (χ0n) is 10.6. The van der Waals surface area contributed by atoms with Crippen LogP contribution in [0, 0.1) is 5.92 Å².